The van der Waals surface area contributed by atoms with Crippen molar-refractivity contribution in [2.75, 3.05) is 18.9 Å². The average Bonchev–Trinajstić information content (AvgIpc) is 2.35. The van der Waals surface area contributed by atoms with Crippen molar-refractivity contribution < 1.29 is 14.7 Å². The van der Waals surface area contributed by atoms with Gasteiger partial charge in [-0.3, -0.25) is 0 Å². The van der Waals surface area contributed by atoms with Crippen LogP contribution in [0.1, 0.15) is 40.7 Å². The van der Waals surface area contributed by atoms with Crippen LogP contribution in [-0.2, 0) is 0 Å². The van der Waals surface area contributed by atoms with E-state index in [0.29, 0.717) is 11.6 Å². The van der Waals surface area contributed by atoms with Crippen LogP contribution in [0.5, 0.6) is 0 Å². The zero-order valence-electron chi connectivity index (χ0n) is 12.8. The maximum Gasteiger partial charge on any atom is 0.337 e. The molecule has 1 saturated carbocycles. The zero-order chi connectivity index (χ0) is 15.6. The molecule has 0 heterocycles. The van der Waals surface area contributed by atoms with E-state index in [1.54, 1.807) is 24.9 Å². The van der Waals surface area contributed by atoms with Crippen molar-refractivity contribution in [1.82, 2.24) is 4.90 Å². The van der Waals surface area contributed by atoms with Crippen LogP contribution in [0.25, 0.3) is 0 Å². The number of nitrogens with one attached hydrogen (secondary N) is 1. The summed E-state index contributed by atoms with van der Waals surface area (Å²) in [7, 11) is 1.75. The number of rotatable bonds is 4. The molecular weight excluding hydrogens is 268 g/mol. The highest BCUT2D eigenvalue weighted by Crippen LogP contribution is 2.27. The van der Waals surface area contributed by atoms with Gasteiger partial charge in [0, 0.05) is 13.6 Å². The molecule has 2 N–H and O–H groups in total. The molecule has 2 rings (SSSR count). The number of anilines is 1. The van der Waals surface area contributed by atoms with Gasteiger partial charge in [-0.1, -0.05) is 12.5 Å². The van der Waals surface area contributed by atoms with Crippen LogP contribution in [0.15, 0.2) is 12.1 Å². The Morgan fingerprint density at radius 1 is 1.33 bits per heavy atom. The van der Waals surface area contributed by atoms with Crippen LogP contribution in [-0.4, -0.2) is 35.6 Å². The second-order valence-corrected chi connectivity index (χ2v) is 5.92. The lowest BCUT2D eigenvalue weighted by Gasteiger charge is -2.30. The number of carbonyl (C=O) groups excluding carboxylic acids is 1. The Labute approximate surface area is 125 Å². The lowest BCUT2D eigenvalue weighted by molar-refractivity contribution is 0.0698. The summed E-state index contributed by atoms with van der Waals surface area (Å²) in [6.07, 6.45) is 3.57. The number of aromatic carboxylic acids is 1. The number of benzene rings is 1. The number of nitrogens with zero attached hydrogens (tertiary/aromatic N) is 1. The molecule has 0 bridgehead atoms. The first-order valence-corrected chi connectivity index (χ1v) is 7.25. The van der Waals surface area contributed by atoms with E-state index in [1.165, 1.54) is 19.3 Å². The van der Waals surface area contributed by atoms with Crippen LogP contribution >= 0.6 is 0 Å². The first kappa shape index (κ1) is 15.4. The molecule has 0 spiro atoms. The second kappa shape index (κ2) is 6.16. The number of hydrogen-bond acceptors (Lipinski definition) is 2. The maximum absolute atomic E-state index is 12.2. The number of hydrogen-bond donors (Lipinski definition) is 2. The standard InChI is InChI=1S/C16H22N2O3/c1-10-7-11(2)14(13(8-10)15(19)20)17-16(21)18(3)9-12-5-4-6-12/h7-8,12H,4-6,9H2,1-3H3,(H,17,21)(H,19,20). The predicted molar refractivity (Wildman–Crippen MR) is 81.9 cm³/mol. The lowest BCUT2D eigenvalue weighted by Crippen LogP contribution is -2.37. The molecule has 5 nitrogen and oxygen atoms in total. The summed E-state index contributed by atoms with van der Waals surface area (Å²) in [5.41, 5.74) is 2.15. The van der Waals surface area contributed by atoms with E-state index in [1.807, 2.05) is 13.0 Å². The largest absolute Gasteiger partial charge is 0.478 e. The van der Waals surface area contributed by atoms with Gasteiger partial charge < -0.3 is 15.3 Å². The molecule has 1 aliphatic rings. The number of carboxylic acid groups (broad SMARTS) is 1. The summed E-state index contributed by atoms with van der Waals surface area (Å²) in [5, 5.41) is 12.0. The summed E-state index contributed by atoms with van der Waals surface area (Å²) < 4.78 is 0. The molecule has 5 heteroatoms. The van der Waals surface area contributed by atoms with Crippen LogP contribution in [0.2, 0.25) is 0 Å². The van der Waals surface area contributed by atoms with Gasteiger partial charge in [0.25, 0.3) is 0 Å². The topological polar surface area (TPSA) is 69.6 Å². The minimum atomic E-state index is -1.03. The van der Waals surface area contributed by atoms with Crippen molar-refractivity contribution in [3.63, 3.8) is 0 Å². The lowest BCUT2D eigenvalue weighted by atomic mass is 9.85. The zero-order valence-corrected chi connectivity index (χ0v) is 12.8. The van der Waals surface area contributed by atoms with E-state index in [4.69, 9.17) is 0 Å². The van der Waals surface area contributed by atoms with E-state index in [-0.39, 0.29) is 11.6 Å². The molecular formula is C16H22N2O3. The number of amides is 2. The molecule has 0 aromatic heterocycles. The van der Waals surface area contributed by atoms with Gasteiger partial charge in [-0.25, -0.2) is 9.59 Å². The molecule has 0 aliphatic heterocycles. The smallest absolute Gasteiger partial charge is 0.337 e. The number of carboxylic acids is 1. The molecule has 1 aromatic carbocycles. The monoisotopic (exact) mass is 290 g/mol. The fourth-order valence-electron chi connectivity index (χ4n) is 2.65. The molecule has 0 atom stereocenters. The van der Waals surface area contributed by atoms with Crippen LogP contribution in [0.4, 0.5) is 10.5 Å². The summed E-state index contributed by atoms with van der Waals surface area (Å²) in [6, 6.07) is 3.20. The van der Waals surface area contributed by atoms with E-state index in [9.17, 15) is 14.7 Å². The SMILES string of the molecule is Cc1cc(C)c(NC(=O)N(C)CC2CCC2)c(C(=O)O)c1. The predicted octanol–water partition coefficient (Wildman–Crippen LogP) is 3.27. The molecule has 2 amide bonds. The van der Waals surface area contributed by atoms with Crippen molar-refractivity contribution in [1.29, 1.82) is 0 Å². The maximum atomic E-state index is 12.2. The van der Waals surface area contributed by atoms with Gasteiger partial charge in [0.1, 0.15) is 0 Å². The third-order valence-electron chi connectivity index (χ3n) is 4.05. The van der Waals surface area contributed by atoms with Gasteiger partial charge in [0.2, 0.25) is 0 Å². The first-order valence-electron chi connectivity index (χ1n) is 7.25. The Bertz CT molecular complexity index is 565. The van der Waals surface area contributed by atoms with Crippen molar-refractivity contribution in [2.45, 2.75) is 33.1 Å². The summed E-state index contributed by atoms with van der Waals surface area (Å²) in [5.74, 6) is -0.447. The molecule has 21 heavy (non-hydrogen) atoms. The molecule has 0 radical (unpaired) electrons. The van der Waals surface area contributed by atoms with Crippen molar-refractivity contribution >= 4 is 17.7 Å². The van der Waals surface area contributed by atoms with Gasteiger partial charge in [-0.15, -0.1) is 0 Å². The van der Waals surface area contributed by atoms with E-state index in [2.05, 4.69) is 5.32 Å². The Morgan fingerprint density at radius 3 is 2.52 bits per heavy atom. The Kier molecular flexibility index (Phi) is 4.50. The number of urea groups is 1. The first-order chi connectivity index (χ1) is 9.88. The van der Waals surface area contributed by atoms with E-state index < -0.39 is 5.97 Å². The van der Waals surface area contributed by atoms with Gasteiger partial charge >= 0.3 is 12.0 Å². The van der Waals surface area contributed by atoms with Crippen molar-refractivity contribution in [2.24, 2.45) is 5.92 Å². The molecule has 1 fully saturated rings. The third-order valence-corrected chi connectivity index (χ3v) is 4.05. The second-order valence-electron chi connectivity index (χ2n) is 5.92. The molecule has 1 aromatic rings. The van der Waals surface area contributed by atoms with Crippen LogP contribution in [0.3, 0.4) is 0 Å². The van der Waals surface area contributed by atoms with Gasteiger partial charge in [-0.05, 0) is 49.8 Å². The molecule has 0 unspecified atom stereocenters. The summed E-state index contributed by atoms with van der Waals surface area (Å²) >= 11 is 0. The fourth-order valence-corrected chi connectivity index (χ4v) is 2.65. The molecule has 114 valence electrons. The average molecular weight is 290 g/mol. The van der Waals surface area contributed by atoms with E-state index in [0.717, 1.165) is 17.7 Å². The van der Waals surface area contributed by atoms with Gasteiger partial charge in [0.05, 0.1) is 11.3 Å². The molecule has 1 aliphatic carbocycles. The Balaban J connectivity index is 2.14. The van der Waals surface area contributed by atoms with Crippen molar-refractivity contribution in [3.8, 4) is 0 Å². The Hall–Kier alpha value is -2.04. The quantitative estimate of drug-likeness (QED) is 0.894. The summed E-state index contributed by atoms with van der Waals surface area (Å²) in [4.78, 5) is 25.2. The van der Waals surface area contributed by atoms with Crippen LogP contribution in [0, 0.1) is 19.8 Å². The van der Waals surface area contributed by atoms with Crippen molar-refractivity contribution in [3.05, 3.63) is 28.8 Å². The Morgan fingerprint density at radius 2 is 2.00 bits per heavy atom. The normalized spacial score (nSPS) is 14.4. The highest BCUT2D eigenvalue weighted by molar-refractivity contribution is 6.01. The third kappa shape index (κ3) is 3.54. The van der Waals surface area contributed by atoms with Gasteiger partial charge in [-0.2, -0.15) is 0 Å². The summed E-state index contributed by atoms with van der Waals surface area (Å²) in [6.45, 7) is 4.37. The minimum Gasteiger partial charge on any atom is -0.478 e. The van der Waals surface area contributed by atoms with Gasteiger partial charge in [0.15, 0.2) is 0 Å². The van der Waals surface area contributed by atoms with Crippen LogP contribution < -0.4 is 5.32 Å². The number of carbonyl (C=O) groups is 2. The number of aryl methyl sites for hydroxylation is 2. The highest BCUT2D eigenvalue weighted by Gasteiger charge is 2.23. The highest BCUT2D eigenvalue weighted by atomic mass is 16.4. The molecule has 0 saturated heterocycles. The van der Waals surface area contributed by atoms with E-state index >= 15 is 0 Å². The minimum absolute atomic E-state index is 0.137. The fraction of sp³-hybridized carbons (Fsp3) is 0.500.